The van der Waals surface area contributed by atoms with Gasteiger partial charge in [-0.15, -0.1) is 0 Å². The molecule has 8 nitrogen and oxygen atoms in total. The van der Waals surface area contributed by atoms with Crippen molar-refractivity contribution < 1.29 is 34.0 Å². The van der Waals surface area contributed by atoms with Gasteiger partial charge in [-0.05, 0) is 59.7 Å². The minimum atomic E-state index is -0.0338. The minimum absolute atomic E-state index is 0.0338. The molecule has 0 spiro atoms. The van der Waals surface area contributed by atoms with Crippen LogP contribution in [-0.4, -0.2) is 38.0 Å². The van der Waals surface area contributed by atoms with E-state index < -0.39 is 0 Å². The van der Waals surface area contributed by atoms with Crippen LogP contribution in [0.4, 0.5) is 5.69 Å². The van der Waals surface area contributed by atoms with Crippen LogP contribution < -0.4 is 24.7 Å². The lowest BCUT2D eigenvalue weighted by Gasteiger charge is -2.09. The Hall–Kier alpha value is -4.33. The van der Waals surface area contributed by atoms with Crippen LogP contribution in [-0.2, 0) is 4.79 Å². The first-order valence-corrected chi connectivity index (χ1v) is 9.37. The van der Waals surface area contributed by atoms with Gasteiger partial charge in [0.25, 0.3) is 6.47 Å². The molecule has 3 aromatic rings. The quantitative estimate of drug-likeness (QED) is 0.286. The Labute approximate surface area is 186 Å². The van der Waals surface area contributed by atoms with E-state index in [4.69, 9.17) is 19.9 Å². The molecular weight excluding hydrogens is 414 g/mol. The van der Waals surface area contributed by atoms with E-state index in [-0.39, 0.29) is 11.5 Å². The number of benzene rings is 3. The predicted molar refractivity (Wildman–Crippen MR) is 122 cm³/mol. The SMILES string of the molecule is COc1cc(/C=C\c2cc(OC)c(O)c(OC)c2)ccc1O.Nc1ccc(OC=O)cc1. The van der Waals surface area contributed by atoms with Crippen LogP contribution in [0.1, 0.15) is 11.1 Å². The molecule has 168 valence electrons. The van der Waals surface area contributed by atoms with Crippen LogP contribution >= 0.6 is 0 Å². The minimum Gasteiger partial charge on any atom is -0.504 e. The molecule has 32 heavy (non-hydrogen) atoms. The smallest absolute Gasteiger partial charge is 0.298 e. The van der Waals surface area contributed by atoms with Gasteiger partial charge in [0.15, 0.2) is 23.0 Å². The van der Waals surface area contributed by atoms with Gasteiger partial charge in [0.2, 0.25) is 5.75 Å². The van der Waals surface area contributed by atoms with E-state index in [1.54, 1.807) is 54.6 Å². The molecule has 3 rings (SSSR count). The highest BCUT2D eigenvalue weighted by Crippen LogP contribution is 2.37. The van der Waals surface area contributed by atoms with Gasteiger partial charge in [0.1, 0.15) is 5.75 Å². The fourth-order valence-corrected chi connectivity index (χ4v) is 2.60. The number of nitrogens with two attached hydrogens (primary N) is 1. The number of aromatic hydroxyl groups is 2. The Morgan fingerprint density at radius 1 is 0.750 bits per heavy atom. The number of phenolic OH excluding ortho intramolecular Hbond substituents is 2. The van der Waals surface area contributed by atoms with Crippen molar-refractivity contribution in [3.8, 4) is 34.5 Å². The highest BCUT2D eigenvalue weighted by atomic mass is 16.5. The number of nitrogen functional groups attached to an aromatic ring is 1. The average molecular weight is 439 g/mol. The second kappa shape index (κ2) is 11.8. The zero-order valence-electron chi connectivity index (χ0n) is 17.9. The molecule has 0 aliphatic heterocycles. The van der Waals surface area contributed by atoms with Gasteiger partial charge in [0, 0.05) is 5.69 Å². The lowest BCUT2D eigenvalue weighted by molar-refractivity contribution is -0.120. The van der Waals surface area contributed by atoms with Gasteiger partial charge < -0.3 is 34.9 Å². The summed E-state index contributed by atoms with van der Waals surface area (Å²) in [5.74, 6) is 1.64. The van der Waals surface area contributed by atoms with E-state index in [0.29, 0.717) is 35.2 Å². The Morgan fingerprint density at radius 3 is 1.81 bits per heavy atom. The van der Waals surface area contributed by atoms with E-state index in [1.807, 2.05) is 12.2 Å². The highest BCUT2D eigenvalue weighted by Gasteiger charge is 2.10. The van der Waals surface area contributed by atoms with E-state index in [0.717, 1.165) is 11.1 Å². The van der Waals surface area contributed by atoms with Crippen molar-refractivity contribution in [2.24, 2.45) is 0 Å². The number of phenols is 2. The van der Waals surface area contributed by atoms with Gasteiger partial charge in [-0.3, -0.25) is 4.79 Å². The van der Waals surface area contributed by atoms with E-state index in [2.05, 4.69) is 4.74 Å². The number of ether oxygens (including phenoxy) is 4. The largest absolute Gasteiger partial charge is 0.504 e. The van der Waals surface area contributed by atoms with Gasteiger partial charge in [-0.1, -0.05) is 18.2 Å². The summed E-state index contributed by atoms with van der Waals surface area (Å²) in [6.07, 6.45) is 3.70. The second-order valence-corrected chi connectivity index (χ2v) is 6.32. The Kier molecular flexibility index (Phi) is 8.79. The molecule has 0 saturated carbocycles. The van der Waals surface area contributed by atoms with Crippen molar-refractivity contribution in [1.82, 2.24) is 0 Å². The lowest BCUT2D eigenvalue weighted by atomic mass is 10.1. The van der Waals surface area contributed by atoms with Crippen LogP contribution in [0.2, 0.25) is 0 Å². The zero-order valence-corrected chi connectivity index (χ0v) is 17.9. The molecule has 0 atom stereocenters. The van der Waals surface area contributed by atoms with Crippen LogP contribution in [0.15, 0.2) is 54.6 Å². The van der Waals surface area contributed by atoms with Gasteiger partial charge in [0.05, 0.1) is 21.3 Å². The molecule has 0 saturated heterocycles. The maximum atomic E-state index is 9.88. The van der Waals surface area contributed by atoms with E-state index >= 15 is 0 Å². The monoisotopic (exact) mass is 439 g/mol. The fraction of sp³-hybridized carbons (Fsp3) is 0.125. The number of hydrogen-bond acceptors (Lipinski definition) is 8. The normalized spacial score (nSPS) is 10.1. The van der Waals surface area contributed by atoms with Gasteiger partial charge >= 0.3 is 0 Å². The fourth-order valence-electron chi connectivity index (χ4n) is 2.60. The molecule has 0 aliphatic carbocycles. The van der Waals surface area contributed by atoms with Gasteiger partial charge in [-0.25, -0.2) is 0 Å². The number of anilines is 1. The number of rotatable bonds is 7. The van der Waals surface area contributed by atoms with Crippen molar-refractivity contribution in [2.75, 3.05) is 27.1 Å². The van der Waals surface area contributed by atoms with E-state index in [9.17, 15) is 15.0 Å². The first kappa shape index (κ1) is 23.9. The van der Waals surface area contributed by atoms with Crippen LogP contribution in [0.25, 0.3) is 12.2 Å². The Balaban J connectivity index is 0.000000303. The highest BCUT2D eigenvalue weighted by molar-refractivity contribution is 5.73. The van der Waals surface area contributed by atoms with Crippen LogP contribution in [0, 0.1) is 0 Å². The third-order valence-electron chi connectivity index (χ3n) is 4.24. The third-order valence-corrected chi connectivity index (χ3v) is 4.24. The summed E-state index contributed by atoms with van der Waals surface area (Å²) in [4.78, 5) is 9.81. The number of hydrogen-bond donors (Lipinski definition) is 3. The summed E-state index contributed by atoms with van der Waals surface area (Å²) in [6, 6.07) is 15.0. The van der Waals surface area contributed by atoms with Crippen molar-refractivity contribution in [3.63, 3.8) is 0 Å². The average Bonchev–Trinajstić information content (AvgIpc) is 2.81. The second-order valence-electron chi connectivity index (χ2n) is 6.32. The Morgan fingerprint density at radius 2 is 1.28 bits per heavy atom. The molecule has 0 amide bonds. The molecule has 3 aromatic carbocycles. The van der Waals surface area contributed by atoms with Crippen molar-refractivity contribution in [3.05, 3.63) is 65.7 Å². The predicted octanol–water partition coefficient (Wildman–Crippen LogP) is 4.10. The molecule has 0 aromatic heterocycles. The van der Waals surface area contributed by atoms with Crippen LogP contribution in [0.3, 0.4) is 0 Å². The summed E-state index contributed by atoms with van der Waals surface area (Å²) < 4.78 is 19.8. The van der Waals surface area contributed by atoms with E-state index in [1.165, 1.54) is 21.3 Å². The number of carbonyl (C=O) groups is 1. The van der Waals surface area contributed by atoms with Crippen LogP contribution in [0.5, 0.6) is 34.5 Å². The molecule has 0 unspecified atom stereocenters. The molecule has 8 heteroatoms. The maximum absolute atomic E-state index is 9.88. The molecule has 0 bridgehead atoms. The van der Waals surface area contributed by atoms with Crippen molar-refractivity contribution in [2.45, 2.75) is 0 Å². The topological polar surface area (TPSA) is 120 Å². The summed E-state index contributed by atoms with van der Waals surface area (Å²) in [6.45, 7) is 0.380. The van der Waals surface area contributed by atoms with Crippen molar-refractivity contribution >= 4 is 24.3 Å². The first-order chi connectivity index (χ1) is 15.4. The molecule has 0 radical (unpaired) electrons. The molecule has 4 N–H and O–H groups in total. The zero-order chi connectivity index (χ0) is 23.5. The molecular formula is C24H25NO7. The maximum Gasteiger partial charge on any atom is 0.298 e. The molecule has 0 aliphatic rings. The Bertz CT molecular complexity index is 1040. The third kappa shape index (κ3) is 6.60. The summed E-state index contributed by atoms with van der Waals surface area (Å²) in [5.41, 5.74) is 7.70. The van der Waals surface area contributed by atoms with Crippen molar-refractivity contribution in [1.29, 1.82) is 0 Å². The molecule has 0 fully saturated rings. The summed E-state index contributed by atoms with van der Waals surface area (Å²) >= 11 is 0. The first-order valence-electron chi connectivity index (χ1n) is 9.37. The van der Waals surface area contributed by atoms with Gasteiger partial charge in [-0.2, -0.15) is 0 Å². The standard InChI is InChI=1S/C17H18O5.C7H7NO2/c1-20-14-8-11(6-7-13(14)18)4-5-12-9-15(21-2)17(19)16(10-12)22-3;8-6-1-3-7(4-2-6)10-5-9/h4-10,18-19H,1-3H3;1-5H,8H2/b5-4-;. The summed E-state index contributed by atoms with van der Waals surface area (Å²) in [7, 11) is 4.46. The lowest BCUT2D eigenvalue weighted by Crippen LogP contribution is -1.90. The number of carbonyl (C=O) groups excluding carboxylic acids is 1. The molecule has 0 heterocycles. The summed E-state index contributed by atoms with van der Waals surface area (Å²) in [5, 5.41) is 19.5. The number of methoxy groups -OCH3 is 3.